The van der Waals surface area contributed by atoms with Gasteiger partial charge in [-0.25, -0.2) is 4.98 Å². The van der Waals surface area contributed by atoms with E-state index in [1.807, 2.05) is 48.5 Å². The molecule has 4 heteroatoms. The Morgan fingerprint density at radius 1 is 0.708 bits per heavy atom. The number of aromatic nitrogens is 1. The Bertz CT molecular complexity index is 1040. The number of pyridine rings is 1. The zero-order valence-corrected chi connectivity index (χ0v) is 12.9. The third-order valence-electron chi connectivity index (χ3n) is 4.07. The zero-order chi connectivity index (χ0) is 16.4. The highest BCUT2D eigenvalue weighted by molar-refractivity contribution is 6.14. The second-order valence-electron chi connectivity index (χ2n) is 5.46. The number of aliphatic hydroxyl groups is 1. The summed E-state index contributed by atoms with van der Waals surface area (Å²) in [5, 5.41) is 22.8. The van der Waals surface area contributed by atoms with Crippen molar-refractivity contribution in [3.8, 4) is 0 Å². The number of benzene rings is 3. The van der Waals surface area contributed by atoms with Gasteiger partial charge in [0, 0.05) is 17.1 Å². The van der Waals surface area contributed by atoms with Gasteiger partial charge in [0.2, 0.25) is 0 Å². The van der Waals surface area contributed by atoms with Crippen molar-refractivity contribution in [2.24, 2.45) is 10.2 Å². The molecule has 0 amide bonds. The average Bonchev–Trinajstić information content (AvgIpc) is 2.66. The fourth-order valence-electron chi connectivity index (χ4n) is 2.98. The molecule has 0 spiro atoms. The molecule has 0 atom stereocenters. The summed E-state index contributed by atoms with van der Waals surface area (Å²) in [7, 11) is 0. The summed E-state index contributed by atoms with van der Waals surface area (Å²) >= 11 is 0. The highest BCUT2D eigenvalue weighted by Crippen LogP contribution is 2.38. The van der Waals surface area contributed by atoms with Gasteiger partial charge in [0.1, 0.15) is 0 Å². The Balaban J connectivity index is 2.03. The summed E-state index contributed by atoms with van der Waals surface area (Å²) in [6.45, 7) is -0.0953. The topological polar surface area (TPSA) is 57.8 Å². The SMILES string of the molecule is OCc1c(N=Nc2ccccn2)c2ccccc2c2ccccc12. The molecule has 1 heterocycles. The first-order valence-electron chi connectivity index (χ1n) is 7.74. The van der Waals surface area contributed by atoms with Gasteiger partial charge in [-0.05, 0) is 28.3 Å². The molecule has 0 aliphatic heterocycles. The van der Waals surface area contributed by atoms with E-state index in [9.17, 15) is 5.11 Å². The van der Waals surface area contributed by atoms with Crippen LogP contribution in [-0.2, 0) is 6.61 Å². The molecule has 0 saturated carbocycles. The molecule has 116 valence electrons. The van der Waals surface area contributed by atoms with Crippen LogP contribution in [-0.4, -0.2) is 10.1 Å². The summed E-state index contributed by atoms with van der Waals surface area (Å²) in [6.07, 6.45) is 1.68. The highest BCUT2D eigenvalue weighted by atomic mass is 16.3. The molecule has 0 fully saturated rings. The van der Waals surface area contributed by atoms with Crippen LogP contribution in [0.2, 0.25) is 0 Å². The Kier molecular flexibility index (Phi) is 3.73. The van der Waals surface area contributed by atoms with Crippen LogP contribution in [0.15, 0.2) is 83.2 Å². The molecule has 0 saturated heterocycles. The molecule has 4 aromatic rings. The van der Waals surface area contributed by atoms with E-state index in [4.69, 9.17) is 0 Å². The molecule has 4 nitrogen and oxygen atoms in total. The van der Waals surface area contributed by atoms with Crippen molar-refractivity contribution in [1.82, 2.24) is 4.98 Å². The lowest BCUT2D eigenvalue weighted by molar-refractivity contribution is 0.284. The molecule has 1 aromatic heterocycles. The molecular formula is C20H15N3O. The minimum absolute atomic E-state index is 0.0953. The van der Waals surface area contributed by atoms with Gasteiger partial charge in [0.15, 0.2) is 5.82 Å². The maximum absolute atomic E-state index is 9.96. The van der Waals surface area contributed by atoms with E-state index in [0.29, 0.717) is 11.5 Å². The van der Waals surface area contributed by atoms with Crippen LogP contribution in [0.4, 0.5) is 11.5 Å². The summed E-state index contributed by atoms with van der Waals surface area (Å²) in [5.74, 6) is 0.540. The minimum Gasteiger partial charge on any atom is -0.392 e. The molecule has 1 N–H and O–H groups in total. The van der Waals surface area contributed by atoms with Crippen molar-refractivity contribution >= 4 is 33.1 Å². The summed E-state index contributed by atoms with van der Waals surface area (Å²) in [4.78, 5) is 4.17. The van der Waals surface area contributed by atoms with Gasteiger partial charge in [-0.2, -0.15) is 0 Å². The number of nitrogens with zero attached hydrogens (tertiary/aromatic N) is 3. The second-order valence-corrected chi connectivity index (χ2v) is 5.46. The van der Waals surface area contributed by atoms with Crippen molar-refractivity contribution in [1.29, 1.82) is 0 Å². The molecule has 0 unspecified atom stereocenters. The Labute approximate surface area is 139 Å². The maximum atomic E-state index is 9.96. The second kappa shape index (κ2) is 6.18. The fraction of sp³-hybridized carbons (Fsp3) is 0.0500. The average molecular weight is 313 g/mol. The summed E-state index contributed by atoms with van der Waals surface area (Å²) in [6, 6.07) is 21.6. The Morgan fingerprint density at radius 3 is 2.00 bits per heavy atom. The molecule has 24 heavy (non-hydrogen) atoms. The molecule has 3 aromatic carbocycles. The molecule has 0 radical (unpaired) electrons. The van der Waals surface area contributed by atoms with Gasteiger partial charge in [-0.15, -0.1) is 10.2 Å². The molecule has 0 aliphatic carbocycles. The lowest BCUT2D eigenvalue weighted by Crippen LogP contribution is -1.90. The van der Waals surface area contributed by atoms with E-state index in [1.54, 1.807) is 12.3 Å². The number of aliphatic hydroxyl groups excluding tert-OH is 1. The monoisotopic (exact) mass is 313 g/mol. The molecule has 4 rings (SSSR count). The third-order valence-corrected chi connectivity index (χ3v) is 4.07. The van der Waals surface area contributed by atoms with Crippen LogP contribution in [0, 0.1) is 0 Å². The first-order valence-corrected chi connectivity index (χ1v) is 7.74. The van der Waals surface area contributed by atoms with Gasteiger partial charge in [-0.1, -0.05) is 54.6 Å². The van der Waals surface area contributed by atoms with E-state index in [-0.39, 0.29) is 6.61 Å². The van der Waals surface area contributed by atoms with Crippen molar-refractivity contribution < 1.29 is 5.11 Å². The van der Waals surface area contributed by atoms with E-state index < -0.39 is 0 Å². The maximum Gasteiger partial charge on any atom is 0.174 e. The number of fused-ring (bicyclic) bond motifs is 3. The highest BCUT2D eigenvalue weighted by Gasteiger charge is 2.13. The first-order chi connectivity index (χ1) is 11.9. The lowest BCUT2D eigenvalue weighted by Gasteiger charge is -2.12. The van der Waals surface area contributed by atoms with Crippen LogP contribution in [0.25, 0.3) is 21.5 Å². The predicted molar refractivity (Wildman–Crippen MR) is 95.8 cm³/mol. The van der Waals surface area contributed by atoms with E-state index in [1.165, 1.54) is 0 Å². The predicted octanol–water partition coefficient (Wildman–Crippen LogP) is 5.30. The van der Waals surface area contributed by atoms with Crippen LogP contribution >= 0.6 is 0 Å². The number of hydrogen-bond donors (Lipinski definition) is 1. The van der Waals surface area contributed by atoms with Gasteiger partial charge >= 0.3 is 0 Å². The van der Waals surface area contributed by atoms with Crippen LogP contribution in [0.3, 0.4) is 0 Å². The van der Waals surface area contributed by atoms with E-state index in [0.717, 1.165) is 27.1 Å². The summed E-state index contributed by atoms with van der Waals surface area (Å²) in [5.41, 5.74) is 1.47. The van der Waals surface area contributed by atoms with E-state index >= 15 is 0 Å². The van der Waals surface area contributed by atoms with Crippen LogP contribution in [0.5, 0.6) is 0 Å². The molecule has 0 bridgehead atoms. The molecule has 0 aliphatic rings. The first kappa shape index (κ1) is 14.5. The molecular weight excluding hydrogens is 298 g/mol. The number of azo groups is 1. The normalized spacial score (nSPS) is 11.5. The largest absolute Gasteiger partial charge is 0.392 e. The lowest BCUT2D eigenvalue weighted by atomic mass is 9.95. The Morgan fingerprint density at radius 2 is 1.33 bits per heavy atom. The van der Waals surface area contributed by atoms with E-state index in [2.05, 4.69) is 27.3 Å². The zero-order valence-electron chi connectivity index (χ0n) is 12.9. The van der Waals surface area contributed by atoms with Crippen molar-refractivity contribution in [2.45, 2.75) is 6.61 Å². The Hall–Kier alpha value is -3.11. The summed E-state index contributed by atoms with van der Waals surface area (Å²) < 4.78 is 0. The third kappa shape index (κ3) is 2.43. The number of rotatable bonds is 3. The minimum atomic E-state index is -0.0953. The van der Waals surface area contributed by atoms with Crippen molar-refractivity contribution in [2.75, 3.05) is 0 Å². The van der Waals surface area contributed by atoms with Crippen molar-refractivity contribution in [3.05, 3.63) is 78.5 Å². The van der Waals surface area contributed by atoms with Gasteiger partial charge in [-0.3, -0.25) is 0 Å². The standard InChI is InChI=1S/C20H15N3O/c24-13-18-16-9-2-1-7-14(16)15-8-3-4-10-17(15)20(18)23-22-19-11-5-6-12-21-19/h1-12,24H,13H2. The van der Waals surface area contributed by atoms with Crippen LogP contribution < -0.4 is 0 Å². The fourth-order valence-corrected chi connectivity index (χ4v) is 2.98. The smallest absolute Gasteiger partial charge is 0.174 e. The van der Waals surface area contributed by atoms with Gasteiger partial charge in [0.25, 0.3) is 0 Å². The van der Waals surface area contributed by atoms with Crippen molar-refractivity contribution in [3.63, 3.8) is 0 Å². The van der Waals surface area contributed by atoms with Gasteiger partial charge < -0.3 is 5.11 Å². The van der Waals surface area contributed by atoms with Gasteiger partial charge in [0.05, 0.1) is 12.3 Å². The quantitative estimate of drug-likeness (QED) is 0.412. The number of hydrogen-bond acceptors (Lipinski definition) is 4. The van der Waals surface area contributed by atoms with Crippen LogP contribution in [0.1, 0.15) is 5.56 Å².